The lowest BCUT2D eigenvalue weighted by Gasteiger charge is -2.17. The van der Waals surface area contributed by atoms with Crippen molar-refractivity contribution in [3.8, 4) is 0 Å². The minimum Gasteiger partial charge on any atom is -0.309 e. The second-order valence-corrected chi connectivity index (χ2v) is 7.23. The fourth-order valence-electron chi connectivity index (χ4n) is 2.14. The third-order valence-electron chi connectivity index (χ3n) is 3.02. The van der Waals surface area contributed by atoms with Gasteiger partial charge in [-0.25, -0.2) is 0 Å². The molecule has 2 rings (SSSR count). The summed E-state index contributed by atoms with van der Waals surface area (Å²) in [6, 6.07) is 2.11. The fourth-order valence-corrected chi connectivity index (χ4v) is 4.67. The first-order chi connectivity index (χ1) is 8.11. The lowest BCUT2D eigenvalue weighted by Crippen LogP contribution is -2.27. The number of nitrogens with zero attached hydrogens (tertiary/aromatic N) is 1. The van der Waals surface area contributed by atoms with Crippen molar-refractivity contribution < 1.29 is 4.79 Å². The number of aryl methyl sites for hydroxylation is 1. The fraction of sp³-hybridized carbons (Fsp3) is 0.615. The van der Waals surface area contributed by atoms with Gasteiger partial charge in [0.25, 0.3) is 0 Å². The molecule has 0 amide bonds. The van der Waals surface area contributed by atoms with Crippen molar-refractivity contribution in [1.29, 1.82) is 0 Å². The molecule has 0 saturated carbocycles. The first-order valence-corrected chi connectivity index (χ1v) is 7.86. The van der Waals surface area contributed by atoms with Crippen molar-refractivity contribution in [2.24, 2.45) is 5.92 Å². The Bertz CT molecular complexity index is 412. The summed E-state index contributed by atoms with van der Waals surface area (Å²) < 4.78 is 1.24. The van der Waals surface area contributed by atoms with Gasteiger partial charge in [0.2, 0.25) is 0 Å². The molecule has 94 valence electrons. The van der Waals surface area contributed by atoms with E-state index in [1.807, 2.05) is 25.9 Å². The SMILES string of the molecule is CCc1cc2c(s1)SCCC(CN(C)C)C2=O. The van der Waals surface area contributed by atoms with E-state index in [9.17, 15) is 4.79 Å². The minimum absolute atomic E-state index is 0.179. The molecule has 0 fully saturated rings. The van der Waals surface area contributed by atoms with Crippen LogP contribution in [0.5, 0.6) is 0 Å². The van der Waals surface area contributed by atoms with E-state index in [-0.39, 0.29) is 5.92 Å². The van der Waals surface area contributed by atoms with Crippen LogP contribution in [0, 0.1) is 5.92 Å². The molecule has 2 nitrogen and oxygen atoms in total. The van der Waals surface area contributed by atoms with E-state index < -0.39 is 0 Å². The zero-order valence-corrected chi connectivity index (χ0v) is 12.3. The summed E-state index contributed by atoms with van der Waals surface area (Å²) in [7, 11) is 4.08. The first kappa shape index (κ1) is 13.1. The Hall–Kier alpha value is -0.320. The van der Waals surface area contributed by atoms with E-state index in [4.69, 9.17) is 0 Å². The van der Waals surface area contributed by atoms with Crippen molar-refractivity contribution in [1.82, 2.24) is 4.90 Å². The van der Waals surface area contributed by atoms with Gasteiger partial charge in [-0.2, -0.15) is 0 Å². The second-order valence-electron chi connectivity index (χ2n) is 4.73. The molecule has 0 bridgehead atoms. The number of carbonyl (C=O) groups is 1. The standard InChI is InChI=1S/C13H19NOS2/c1-4-10-7-11-12(15)9(8-14(2)3)5-6-16-13(11)17-10/h7,9H,4-6,8H2,1-3H3. The predicted molar refractivity (Wildman–Crippen MR) is 75.4 cm³/mol. The number of ketones is 1. The van der Waals surface area contributed by atoms with E-state index in [0.717, 1.165) is 30.7 Å². The van der Waals surface area contributed by atoms with E-state index in [1.165, 1.54) is 9.09 Å². The normalized spacial score (nSPS) is 20.5. The zero-order valence-electron chi connectivity index (χ0n) is 10.7. The number of thioether (sulfide) groups is 1. The third kappa shape index (κ3) is 2.92. The molecule has 0 aromatic carbocycles. The molecule has 1 aromatic rings. The Morgan fingerprint density at radius 3 is 2.88 bits per heavy atom. The molecule has 2 heterocycles. The molecule has 1 aliphatic heterocycles. The Kier molecular flexibility index (Phi) is 4.28. The molecule has 0 spiro atoms. The highest BCUT2D eigenvalue weighted by molar-refractivity contribution is 8.01. The summed E-state index contributed by atoms with van der Waals surface area (Å²) in [5.74, 6) is 1.61. The van der Waals surface area contributed by atoms with Gasteiger partial charge in [0.05, 0.1) is 4.21 Å². The number of thiophene rings is 1. The maximum Gasteiger partial charge on any atom is 0.169 e. The average Bonchev–Trinajstić information content (AvgIpc) is 2.64. The molecular weight excluding hydrogens is 250 g/mol. The van der Waals surface area contributed by atoms with Crippen LogP contribution in [-0.2, 0) is 6.42 Å². The highest BCUT2D eigenvalue weighted by Gasteiger charge is 2.27. The summed E-state index contributed by atoms with van der Waals surface area (Å²) in [4.78, 5) is 15.9. The molecule has 1 aliphatic rings. The van der Waals surface area contributed by atoms with Gasteiger partial charge in [-0.05, 0) is 38.8 Å². The molecule has 0 aliphatic carbocycles. The lowest BCUT2D eigenvalue weighted by atomic mass is 9.96. The number of carbonyl (C=O) groups excluding carboxylic acids is 1. The quantitative estimate of drug-likeness (QED) is 0.840. The van der Waals surface area contributed by atoms with Crippen LogP contribution in [0.4, 0.5) is 0 Å². The highest BCUT2D eigenvalue weighted by Crippen LogP contribution is 2.38. The van der Waals surface area contributed by atoms with Crippen LogP contribution in [-0.4, -0.2) is 37.1 Å². The van der Waals surface area contributed by atoms with Gasteiger partial charge in [0.15, 0.2) is 5.78 Å². The average molecular weight is 269 g/mol. The van der Waals surface area contributed by atoms with Crippen LogP contribution in [0.3, 0.4) is 0 Å². The maximum absolute atomic E-state index is 12.5. The van der Waals surface area contributed by atoms with E-state index in [2.05, 4.69) is 17.9 Å². The van der Waals surface area contributed by atoms with E-state index >= 15 is 0 Å². The molecule has 1 aromatic heterocycles. The van der Waals surface area contributed by atoms with Gasteiger partial charge < -0.3 is 4.90 Å². The molecule has 1 atom stereocenters. The van der Waals surface area contributed by atoms with E-state index in [0.29, 0.717) is 5.78 Å². The number of rotatable bonds is 3. The first-order valence-electron chi connectivity index (χ1n) is 6.06. The van der Waals surface area contributed by atoms with Gasteiger partial charge in [0, 0.05) is 22.9 Å². The summed E-state index contributed by atoms with van der Waals surface area (Å²) in [5, 5.41) is 0. The number of fused-ring (bicyclic) bond motifs is 1. The number of Topliss-reactive ketones (excluding diaryl/α,β-unsaturated/α-hetero) is 1. The Labute approximate surface area is 111 Å². The van der Waals surface area contributed by atoms with Crippen LogP contribution in [0.1, 0.15) is 28.6 Å². The van der Waals surface area contributed by atoms with Crippen LogP contribution >= 0.6 is 23.1 Å². The largest absolute Gasteiger partial charge is 0.309 e. The number of hydrogen-bond acceptors (Lipinski definition) is 4. The van der Waals surface area contributed by atoms with Gasteiger partial charge in [-0.1, -0.05) is 6.92 Å². The lowest BCUT2D eigenvalue weighted by molar-refractivity contribution is 0.0894. The molecule has 4 heteroatoms. The monoisotopic (exact) mass is 269 g/mol. The van der Waals surface area contributed by atoms with Gasteiger partial charge in [0.1, 0.15) is 0 Å². The summed E-state index contributed by atoms with van der Waals surface area (Å²) in [6.45, 7) is 3.02. The van der Waals surface area contributed by atoms with Gasteiger partial charge >= 0.3 is 0 Å². The highest BCUT2D eigenvalue weighted by atomic mass is 32.2. The van der Waals surface area contributed by atoms with Crippen LogP contribution in [0.25, 0.3) is 0 Å². The number of hydrogen-bond donors (Lipinski definition) is 0. The topological polar surface area (TPSA) is 20.3 Å². The second kappa shape index (κ2) is 5.55. The van der Waals surface area contributed by atoms with Crippen molar-refractivity contribution in [3.63, 3.8) is 0 Å². The summed E-state index contributed by atoms with van der Waals surface area (Å²) in [6.07, 6.45) is 2.04. The van der Waals surface area contributed by atoms with Crippen LogP contribution in [0.2, 0.25) is 0 Å². The molecule has 17 heavy (non-hydrogen) atoms. The van der Waals surface area contributed by atoms with Crippen molar-refractivity contribution in [2.45, 2.75) is 24.0 Å². The summed E-state index contributed by atoms with van der Waals surface area (Å²) >= 11 is 3.66. The maximum atomic E-state index is 12.5. The zero-order chi connectivity index (χ0) is 12.4. The van der Waals surface area contributed by atoms with Gasteiger partial charge in [-0.15, -0.1) is 23.1 Å². The molecular formula is C13H19NOS2. The predicted octanol–water partition coefficient (Wildman–Crippen LogP) is 3.17. The minimum atomic E-state index is 0.179. The smallest absolute Gasteiger partial charge is 0.169 e. The van der Waals surface area contributed by atoms with Crippen molar-refractivity contribution >= 4 is 28.9 Å². The molecule has 0 radical (unpaired) electrons. The van der Waals surface area contributed by atoms with E-state index in [1.54, 1.807) is 11.3 Å². The van der Waals surface area contributed by atoms with Crippen molar-refractivity contribution in [2.75, 3.05) is 26.4 Å². The Morgan fingerprint density at radius 2 is 2.24 bits per heavy atom. The van der Waals surface area contributed by atoms with Crippen LogP contribution < -0.4 is 0 Å². The molecule has 0 N–H and O–H groups in total. The molecule has 0 saturated heterocycles. The van der Waals surface area contributed by atoms with Crippen LogP contribution in [0.15, 0.2) is 10.3 Å². The Morgan fingerprint density at radius 1 is 1.47 bits per heavy atom. The third-order valence-corrected chi connectivity index (χ3v) is 5.62. The van der Waals surface area contributed by atoms with Crippen molar-refractivity contribution in [3.05, 3.63) is 16.5 Å². The summed E-state index contributed by atoms with van der Waals surface area (Å²) in [5.41, 5.74) is 0.987. The molecule has 1 unspecified atom stereocenters. The van der Waals surface area contributed by atoms with Gasteiger partial charge in [-0.3, -0.25) is 4.79 Å². The Balaban J connectivity index is 2.25.